The number of methoxy groups -OCH3 is 1. The number of pyridine rings is 1. The summed E-state index contributed by atoms with van der Waals surface area (Å²) in [6, 6.07) is 16.1. The van der Waals surface area contributed by atoms with Crippen molar-refractivity contribution in [1.82, 2.24) is 15.2 Å². The summed E-state index contributed by atoms with van der Waals surface area (Å²) in [6.45, 7) is 1.14. The van der Waals surface area contributed by atoms with Crippen LogP contribution < -0.4 is 20.7 Å². The van der Waals surface area contributed by atoms with Crippen LogP contribution in [0.3, 0.4) is 0 Å². The first-order valence-corrected chi connectivity index (χ1v) is 10.7. The van der Waals surface area contributed by atoms with E-state index in [9.17, 15) is 19.2 Å². The summed E-state index contributed by atoms with van der Waals surface area (Å²) < 4.78 is 5.34. The fourth-order valence-corrected chi connectivity index (χ4v) is 3.72. The monoisotopic (exact) mass is 473 g/mol. The molecular formula is C25H23N5O5. The van der Waals surface area contributed by atoms with Crippen LogP contribution in [0.4, 0.5) is 16.2 Å². The molecule has 1 aliphatic heterocycles. The van der Waals surface area contributed by atoms with Crippen molar-refractivity contribution in [3.8, 4) is 5.75 Å². The highest BCUT2D eigenvalue weighted by atomic mass is 16.5. The summed E-state index contributed by atoms with van der Waals surface area (Å²) in [6.07, 6.45) is 3.01. The van der Waals surface area contributed by atoms with Crippen LogP contribution >= 0.6 is 0 Å². The number of amides is 5. The van der Waals surface area contributed by atoms with Gasteiger partial charge in [-0.15, -0.1) is 0 Å². The molecule has 0 bridgehead atoms. The van der Waals surface area contributed by atoms with E-state index in [1.807, 2.05) is 6.07 Å². The Morgan fingerprint density at radius 2 is 1.83 bits per heavy atom. The molecule has 1 aliphatic rings. The van der Waals surface area contributed by atoms with E-state index in [1.165, 1.54) is 19.4 Å². The lowest BCUT2D eigenvalue weighted by atomic mass is 9.92. The van der Waals surface area contributed by atoms with Crippen molar-refractivity contribution in [2.24, 2.45) is 0 Å². The lowest BCUT2D eigenvalue weighted by molar-refractivity contribution is -0.133. The van der Waals surface area contributed by atoms with Gasteiger partial charge in [0.1, 0.15) is 17.8 Å². The van der Waals surface area contributed by atoms with E-state index in [2.05, 4.69) is 20.9 Å². The molecule has 10 heteroatoms. The zero-order valence-corrected chi connectivity index (χ0v) is 19.1. The van der Waals surface area contributed by atoms with Crippen LogP contribution in [0.25, 0.3) is 0 Å². The molecule has 1 saturated heterocycles. The Hall–Kier alpha value is -4.73. The van der Waals surface area contributed by atoms with Crippen LogP contribution in [-0.4, -0.2) is 47.3 Å². The first-order valence-electron chi connectivity index (χ1n) is 10.7. The summed E-state index contributed by atoms with van der Waals surface area (Å²) in [4.78, 5) is 55.3. The fourth-order valence-electron chi connectivity index (χ4n) is 3.72. The maximum atomic E-state index is 13.0. The van der Waals surface area contributed by atoms with Crippen LogP contribution in [0.2, 0.25) is 0 Å². The molecule has 1 unspecified atom stereocenters. The van der Waals surface area contributed by atoms with Crippen molar-refractivity contribution in [2.75, 3.05) is 24.3 Å². The molecule has 3 aromatic rings. The van der Waals surface area contributed by atoms with Crippen molar-refractivity contribution in [3.63, 3.8) is 0 Å². The highest BCUT2D eigenvalue weighted by Gasteiger charge is 2.49. The number of rotatable bonds is 7. The number of aromatic nitrogens is 1. The predicted octanol–water partition coefficient (Wildman–Crippen LogP) is 2.75. The molecule has 2 heterocycles. The van der Waals surface area contributed by atoms with Crippen molar-refractivity contribution in [1.29, 1.82) is 0 Å². The van der Waals surface area contributed by atoms with Gasteiger partial charge in [0.05, 0.1) is 18.4 Å². The number of carbonyl (C=O) groups is 4. The van der Waals surface area contributed by atoms with Crippen LogP contribution in [0.5, 0.6) is 5.75 Å². The Morgan fingerprint density at radius 3 is 2.51 bits per heavy atom. The van der Waals surface area contributed by atoms with Gasteiger partial charge >= 0.3 is 6.03 Å². The Kier molecular flexibility index (Phi) is 6.45. The van der Waals surface area contributed by atoms with Gasteiger partial charge in [0, 0.05) is 24.1 Å². The van der Waals surface area contributed by atoms with Gasteiger partial charge in [-0.25, -0.2) is 4.79 Å². The molecule has 3 N–H and O–H groups in total. The Bertz CT molecular complexity index is 1280. The number of hydrogen-bond donors (Lipinski definition) is 3. The summed E-state index contributed by atoms with van der Waals surface area (Å²) >= 11 is 0. The third-order valence-electron chi connectivity index (χ3n) is 5.59. The van der Waals surface area contributed by atoms with Crippen molar-refractivity contribution in [2.45, 2.75) is 12.5 Å². The van der Waals surface area contributed by atoms with Crippen molar-refractivity contribution in [3.05, 3.63) is 84.2 Å². The minimum absolute atomic E-state index is 0.312. The number of benzene rings is 2. The maximum Gasteiger partial charge on any atom is 0.325 e. The second-order valence-electron chi connectivity index (χ2n) is 7.97. The van der Waals surface area contributed by atoms with Crippen molar-refractivity contribution >= 4 is 35.1 Å². The highest BCUT2D eigenvalue weighted by molar-refractivity contribution is 6.10. The van der Waals surface area contributed by atoms with E-state index in [1.54, 1.807) is 61.7 Å². The minimum atomic E-state index is -1.25. The summed E-state index contributed by atoms with van der Waals surface area (Å²) in [7, 11) is 1.43. The third kappa shape index (κ3) is 4.81. The van der Waals surface area contributed by atoms with E-state index in [0.29, 0.717) is 28.3 Å². The number of nitrogens with one attached hydrogen (secondary N) is 3. The average molecular weight is 473 g/mol. The fraction of sp³-hybridized carbons (Fsp3) is 0.160. The Morgan fingerprint density at radius 1 is 1.06 bits per heavy atom. The van der Waals surface area contributed by atoms with E-state index < -0.39 is 29.9 Å². The molecule has 0 saturated carbocycles. The second-order valence-corrected chi connectivity index (χ2v) is 7.97. The van der Waals surface area contributed by atoms with Crippen LogP contribution in [0.1, 0.15) is 22.8 Å². The first kappa shape index (κ1) is 23.4. The normalized spacial score (nSPS) is 17.0. The number of nitrogens with zero attached hydrogens (tertiary/aromatic N) is 2. The summed E-state index contributed by atoms with van der Waals surface area (Å²) in [5.74, 6) is -1.14. The third-order valence-corrected chi connectivity index (χ3v) is 5.59. The average Bonchev–Trinajstić information content (AvgIpc) is 3.09. The zero-order valence-electron chi connectivity index (χ0n) is 19.1. The van der Waals surface area contributed by atoms with Gasteiger partial charge in [0.15, 0.2) is 0 Å². The van der Waals surface area contributed by atoms with Gasteiger partial charge in [0.2, 0.25) is 5.91 Å². The molecule has 35 heavy (non-hydrogen) atoms. The molecule has 4 rings (SSSR count). The number of urea groups is 1. The largest absolute Gasteiger partial charge is 0.494 e. The highest BCUT2D eigenvalue weighted by Crippen LogP contribution is 2.30. The van der Waals surface area contributed by atoms with E-state index >= 15 is 0 Å². The van der Waals surface area contributed by atoms with Gasteiger partial charge in [0.25, 0.3) is 11.8 Å². The van der Waals surface area contributed by atoms with Gasteiger partial charge in [-0.05, 0) is 36.8 Å². The molecule has 1 aromatic heterocycles. The molecule has 5 amide bonds. The first-order chi connectivity index (χ1) is 16.8. The number of carbonyl (C=O) groups excluding carboxylic acids is 4. The number of ether oxygens (including phenoxy) is 1. The molecule has 0 spiro atoms. The van der Waals surface area contributed by atoms with Crippen molar-refractivity contribution < 1.29 is 23.9 Å². The van der Waals surface area contributed by atoms with Crippen LogP contribution in [0.15, 0.2) is 73.1 Å². The second kappa shape index (κ2) is 9.64. The summed E-state index contributed by atoms with van der Waals surface area (Å²) in [5.41, 5.74) is 0.504. The van der Waals surface area contributed by atoms with Gasteiger partial charge < -0.3 is 20.7 Å². The SMILES string of the molecule is COc1cc(NC(=O)CN2C(=O)NC(C)(c3ccccc3)C2=O)ccc1NC(=O)c1cccnc1. The number of hydrogen-bond acceptors (Lipinski definition) is 6. The van der Waals surface area contributed by atoms with E-state index in [0.717, 1.165) is 4.90 Å². The quantitative estimate of drug-likeness (QED) is 0.453. The molecule has 1 atom stereocenters. The van der Waals surface area contributed by atoms with Gasteiger partial charge in [-0.2, -0.15) is 0 Å². The minimum Gasteiger partial charge on any atom is -0.494 e. The molecule has 1 fully saturated rings. The Balaban J connectivity index is 1.43. The molecular weight excluding hydrogens is 450 g/mol. The molecule has 0 radical (unpaired) electrons. The number of imide groups is 1. The Labute approximate surface area is 201 Å². The standard InChI is InChI=1S/C25H23N5O5/c1-25(17-8-4-3-5-9-17)23(33)30(24(34)29-25)15-21(31)27-18-10-11-19(20(13-18)35-2)28-22(32)16-7-6-12-26-14-16/h3-14H,15H2,1-2H3,(H,27,31)(H,28,32)(H,29,34). The molecule has 0 aliphatic carbocycles. The van der Waals surface area contributed by atoms with Crippen LogP contribution in [-0.2, 0) is 15.1 Å². The number of anilines is 2. The van der Waals surface area contributed by atoms with Gasteiger partial charge in [-0.1, -0.05) is 30.3 Å². The smallest absolute Gasteiger partial charge is 0.325 e. The zero-order chi connectivity index (χ0) is 25.0. The van der Waals surface area contributed by atoms with Gasteiger partial charge in [-0.3, -0.25) is 24.3 Å². The maximum absolute atomic E-state index is 13.0. The van der Waals surface area contributed by atoms with Crippen LogP contribution in [0, 0.1) is 0 Å². The topological polar surface area (TPSA) is 130 Å². The summed E-state index contributed by atoms with van der Waals surface area (Å²) in [5, 5.41) is 8.05. The molecule has 178 valence electrons. The molecule has 2 aromatic carbocycles. The molecule has 10 nitrogen and oxygen atoms in total. The van der Waals surface area contributed by atoms with E-state index in [4.69, 9.17) is 4.74 Å². The predicted molar refractivity (Wildman–Crippen MR) is 128 cm³/mol. The lowest BCUT2D eigenvalue weighted by Crippen LogP contribution is -2.42. The van der Waals surface area contributed by atoms with E-state index in [-0.39, 0.29) is 5.91 Å². The lowest BCUT2D eigenvalue weighted by Gasteiger charge is -2.22.